The van der Waals surface area contributed by atoms with E-state index in [1.54, 1.807) is 13.0 Å². The largest absolute Gasteiger partial charge is 0.508 e. The number of carbonyl (C=O) groups is 1. The average molecular weight is 468 g/mol. The van der Waals surface area contributed by atoms with Gasteiger partial charge in [-0.2, -0.15) is 0 Å². The van der Waals surface area contributed by atoms with E-state index in [1.807, 2.05) is 0 Å². The Balaban J connectivity index is 1.49. The van der Waals surface area contributed by atoms with Gasteiger partial charge in [-0.15, -0.1) is 0 Å². The van der Waals surface area contributed by atoms with Crippen molar-refractivity contribution < 1.29 is 54.4 Å². The molecule has 4 rings (SSSR count). The van der Waals surface area contributed by atoms with Crippen molar-refractivity contribution in [1.82, 2.24) is 0 Å². The van der Waals surface area contributed by atoms with Crippen LogP contribution in [0.5, 0.6) is 5.75 Å². The molecule has 1 saturated carbocycles. The van der Waals surface area contributed by atoms with Gasteiger partial charge in [0.15, 0.2) is 6.29 Å². The van der Waals surface area contributed by atoms with E-state index in [9.17, 15) is 35.4 Å². The summed E-state index contributed by atoms with van der Waals surface area (Å²) in [5.41, 5.74) is -1.16. The summed E-state index contributed by atoms with van der Waals surface area (Å²) < 4.78 is 22.3. The Kier molecular flexibility index (Phi) is 6.65. The molecule has 1 aromatic carbocycles. The molecular weight excluding hydrogens is 440 g/mol. The molecule has 10 atom stereocenters. The predicted octanol–water partition coefficient (Wildman–Crippen LogP) is -1.01. The Bertz CT molecular complexity index is 868. The van der Waals surface area contributed by atoms with Crippen molar-refractivity contribution >= 4 is 5.97 Å². The monoisotopic (exact) mass is 468 g/mol. The molecule has 11 heteroatoms. The number of phenolic OH excluding ortho intramolecular Hbond substituents is 1. The van der Waals surface area contributed by atoms with Crippen LogP contribution in [0.15, 0.2) is 36.6 Å². The van der Waals surface area contributed by atoms with Gasteiger partial charge in [-0.1, -0.05) is 0 Å². The highest BCUT2D eigenvalue weighted by molar-refractivity contribution is 5.89. The summed E-state index contributed by atoms with van der Waals surface area (Å²) in [6.07, 6.45) is -6.21. The van der Waals surface area contributed by atoms with Gasteiger partial charge in [-0.05, 0) is 37.3 Å². The number of aliphatic hydroxyl groups is 5. The highest BCUT2D eigenvalue weighted by atomic mass is 16.8. The Morgan fingerprint density at radius 1 is 1.12 bits per heavy atom. The SMILES string of the molecule is C[C@@]1(O)C[C@H](OC(=O)c2ccc(O)cc2)[C@@H]2C=CO[C@@H](O[C@@H]3O[C@@H](CO)[C@@H](O)[C@@H](O)[C@H]3O)[C@@H]21. The third-order valence-corrected chi connectivity index (χ3v) is 6.46. The van der Waals surface area contributed by atoms with E-state index >= 15 is 0 Å². The molecule has 2 heterocycles. The van der Waals surface area contributed by atoms with Gasteiger partial charge in [0.1, 0.15) is 36.3 Å². The number of benzene rings is 1. The number of hydrogen-bond acceptors (Lipinski definition) is 11. The van der Waals surface area contributed by atoms with Crippen molar-refractivity contribution in [1.29, 1.82) is 0 Å². The maximum Gasteiger partial charge on any atom is 0.338 e. The molecule has 1 aliphatic carbocycles. The second-order valence-corrected chi connectivity index (χ2v) is 8.82. The van der Waals surface area contributed by atoms with Crippen molar-refractivity contribution in [2.45, 2.75) is 62.0 Å². The van der Waals surface area contributed by atoms with Gasteiger partial charge in [0.05, 0.1) is 30.0 Å². The normalized spacial score (nSPS) is 42.4. The number of phenols is 1. The van der Waals surface area contributed by atoms with Crippen LogP contribution in [0.1, 0.15) is 23.7 Å². The first-order valence-electron chi connectivity index (χ1n) is 10.6. The number of hydrogen-bond donors (Lipinski definition) is 6. The van der Waals surface area contributed by atoms with Gasteiger partial charge in [0.25, 0.3) is 0 Å². The first-order valence-corrected chi connectivity index (χ1v) is 10.6. The molecule has 3 aliphatic rings. The Hall–Kier alpha value is -2.25. The average Bonchev–Trinajstić information content (AvgIpc) is 3.05. The maximum absolute atomic E-state index is 12.6. The van der Waals surface area contributed by atoms with Crippen LogP contribution in [0.2, 0.25) is 0 Å². The summed E-state index contributed by atoms with van der Waals surface area (Å²) in [5.74, 6) is -1.84. The third kappa shape index (κ3) is 4.58. The fourth-order valence-electron chi connectivity index (χ4n) is 4.69. The quantitative estimate of drug-likeness (QED) is 0.292. The first kappa shape index (κ1) is 23.9. The minimum absolute atomic E-state index is 0.0101. The molecule has 0 unspecified atom stereocenters. The number of ether oxygens (including phenoxy) is 4. The van der Waals surface area contributed by atoms with Crippen molar-refractivity contribution in [3.05, 3.63) is 42.2 Å². The van der Waals surface area contributed by atoms with Crippen LogP contribution in [0.3, 0.4) is 0 Å². The van der Waals surface area contributed by atoms with Gasteiger partial charge in [-0.25, -0.2) is 4.79 Å². The molecule has 0 amide bonds. The summed E-state index contributed by atoms with van der Waals surface area (Å²) in [5, 5.41) is 60.1. The fourth-order valence-corrected chi connectivity index (χ4v) is 4.69. The number of carbonyl (C=O) groups excluding carboxylic acids is 1. The standard InChI is InChI=1S/C22H28O11/c1-22(29)8-13(31-19(28)10-2-4-11(24)5-3-10)12-6-7-30-20(15(12)22)33-21-18(27)17(26)16(25)14(9-23)32-21/h2-7,12-18,20-21,23-27,29H,8-9H2,1H3/t12-,13-,14-,15+,16+,17+,18+,20-,21-,22+/m0/s1. The molecule has 0 bridgehead atoms. The zero-order valence-electron chi connectivity index (χ0n) is 17.8. The van der Waals surface area contributed by atoms with E-state index in [2.05, 4.69) is 0 Å². The lowest BCUT2D eigenvalue weighted by Gasteiger charge is -2.43. The number of rotatable bonds is 5. The van der Waals surface area contributed by atoms with Crippen LogP contribution in [0.25, 0.3) is 0 Å². The molecule has 0 aromatic heterocycles. The lowest BCUT2D eigenvalue weighted by atomic mass is 9.85. The van der Waals surface area contributed by atoms with E-state index in [1.165, 1.54) is 30.5 Å². The molecule has 2 aliphatic heterocycles. The zero-order valence-corrected chi connectivity index (χ0v) is 17.8. The van der Waals surface area contributed by atoms with Crippen molar-refractivity contribution in [3.63, 3.8) is 0 Å². The highest BCUT2D eigenvalue weighted by Crippen LogP contribution is 2.48. The minimum atomic E-state index is -1.63. The van der Waals surface area contributed by atoms with Crippen LogP contribution >= 0.6 is 0 Å². The second kappa shape index (κ2) is 9.18. The van der Waals surface area contributed by atoms with Crippen molar-refractivity contribution in [3.8, 4) is 5.75 Å². The minimum Gasteiger partial charge on any atom is -0.508 e. The van der Waals surface area contributed by atoms with Crippen molar-refractivity contribution in [2.75, 3.05) is 6.61 Å². The van der Waals surface area contributed by atoms with Crippen molar-refractivity contribution in [2.24, 2.45) is 11.8 Å². The maximum atomic E-state index is 12.6. The van der Waals surface area contributed by atoms with E-state index in [4.69, 9.17) is 18.9 Å². The molecule has 182 valence electrons. The number of aromatic hydroxyl groups is 1. The molecule has 1 saturated heterocycles. The van der Waals surface area contributed by atoms with Crippen LogP contribution < -0.4 is 0 Å². The molecule has 33 heavy (non-hydrogen) atoms. The Morgan fingerprint density at radius 3 is 2.48 bits per heavy atom. The number of aliphatic hydroxyl groups excluding tert-OH is 4. The van der Waals surface area contributed by atoms with Gasteiger partial charge >= 0.3 is 5.97 Å². The van der Waals surface area contributed by atoms with Gasteiger partial charge in [-0.3, -0.25) is 0 Å². The van der Waals surface area contributed by atoms with Gasteiger partial charge < -0.3 is 49.6 Å². The second-order valence-electron chi connectivity index (χ2n) is 8.82. The summed E-state index contributed by atoms with van der Waals surface area (Å²) in [4.78, 5) is 12.6. The van der Waals surface area contributed by atoms with Crippen LogP contribution in [0.4, 0.5) is 0 Å². The third-order valence-electron chi connectivity index (χ3n) is 6.46. The highest BCUT2D eigenvalue weighted by Gasteiger charge is 2.58. The zero-order chi connectivity index (χ0) is 23.9. The lowest BCUT2D eigenvalue weighted by Crippen LogP contribution is -2.60. The van der Waals surface area contributed by atoms with Crippen LogP contribution in [-0.4, -0.2) is 91.9 Å². The first-order chi connectivity index (χ1) is 15.6. The molecule has 0 spiro atoms. The molecule has 11 nitrogen and oxygen atoms in total. The smallest absolute Gasteiger partial charge is 0.338 e. The van der Waals surface area contributed by atoms with E-state index in [-0.39, 0.29) is 17.7 Å². The molecular formula is C22H28O11. The topological polar surface area (TPSA) is 175 Å². The number of esters is 1. The van der Waals surface area contributed by atoms with E-state index in [0.717, 1.165) is 0 Å². The Morgan fingerprint density at radius 2 is 1.82 bits per heavy atom. The summed E-state index contributed by atoms with van der Waals surface area (Å²) in [6, 6.07) is 5.58. The molecule has 2 fully saturated rings. The molecule has 6 N–H and O–H groups in total. The number of fused-ring (bicyclic) bond motifs is 1. The summed E-state index contributed by atoms with van der Waals surface area (Å²) in [7, 11) is 0. The molecule has 0 radical (unpaired) electrons. The lowest BCUT2D eigenvalue weighted by molar-refractivity contribution is -0.346. The summed E-state index contributed by atoms with van der Waals surface area (Å²) in [6.45, 7) is 0.931. The van der Waals surface area contributed by atoms with Crippen LogP contribution in [-0.2, 0) is 18.9 Å². The van der Waals surface area contributed by atoms with Crippen LogP contribution in [0, 0.1) is 11.8 Å². The predicted molar refractivity (Wildman–Crippen MR) is 108 cm³/mol. The van der Waals surface area contributed by atoms with Gasteiger partial charge in [0.2, 0.25) is 6.29 Å². The fraction of sp³-hybridized carbons (Fsp3) is 0.591. The van der Waals surface area contributed by atoms with E-state index in [0.29, 0.717) is 0 Å². The van der Waals surface area contributed by atoms with Gasteiger partial charge in [0, 0.05) is 12.3 Å². The molecule has 1 aromatic rings. The summed E-state index contributed by atoms with van der Waals surface area (Å²) >= 11 is 0. The Labute approximate surface area is 189 Å². The van der Waals surface area contributed by atoms with E-state index < -0.39 is 73.1 Å².